The summed E-state index contributed by atoms with van der Waals surface area (Å²) in [5.74, 6) is -1.10. The van der Waals surface area contributed by atoms with Crippen LogP contribution in [-0.2, 0) is 14.3 Å². The normalized spacial score (nSPS) is 39.5. The van der Waals surface area contributed by atoms with Crippen molar-refractivity contribution in [1.82, 2.24) is 5.32 Å². The second-order valence-corrected chi connectivity index (χ2v) is 6.09. The third-order valence-corrected chi connectivity index (χ3v) is 4.73. The Hall–Kier alpha value is -1.14. The summed E-state index contributed by atoms with van der Waals surface area (Å²) in [6.07, 6.45) is 0.906. The lowest BCUT2D eigenvalue weighted by atomic mass is 9.54. The molecule has 0 aromatic heterocycles. The van der Waals surface area contributed by atoms with E-state index in [0.29, 0.717) is 25.9 Å². The van der Waals surface area contributed by atoms with Gasteiger partial charge in [-0.15, -0.1) is 0 Å². The van der Waals surface area contributed by atoms with E-state index in [1.54, 1.807) is 0 Å². The predicted molar refractivity (Wildman–Crippen MR) is 71.1 cm³/mol. The molecule has 0 spiro atoms. The van der Waals surface area contributed by atoms with Gasteiger partial charge in [0, 0.05) is 13.5 Å². The van der Waals surface area contributed by atoms with Gasteiger partial charge in [0.1, 0.15) is 0 Å². The van der Waals surface area contributed by atoms with E-state index < -0.39 is 29.1 Å². The number of hydrogen-bond donors (Lipinski definition) is 3. The van der Waals surface area contributed by atoms with E-state index in [4.69, 9.17) is 4.74 Å². The van der Waals surface area contributed by atoms with Crippen molar-refractivity contribution in [3.8, 4) is 0 Å². The van der Waals surface area contributed by atoms with Crippen LogP contribution in [0, 0.1) is 5.41 Å². The SMILES string of the molecule is CCCO[C@@H]1C[C@@]2(C(=O)O)CC[C@]1(NC(C)=O)[C@@H](O)C2. The highest BCUT2D eigenvalue weighted by molar-refractivity contribution is 5.77. The highest BCUT2D eigenvalue weighted by Gasteiger charge is 2.63. The van der Waals surface area contributed by atoms with Crippen molar-refractivity contribution in [2.75, 3.05) is 6.61 Å². The molecule has 0 aromatic rings. The van der Waals surface area contributed by atoms with Crippen molar-refractivity contribution in [2.24, 2.45) is 5.41 Å². The summed E-state index contributed by atoms with van der Waals surface area (Å²) >= 11 is 0. The Kier molecular flexibility index (Phi) is 4.07. The Morgan fingerprint density at radius 1 is 1.35 bits per heavy atom. The van der Waals surface area contributed by atoms with Crippen molar-refractivity contribution in [3.63, 3.8) is 0 Å². The number of aliphatic hydroxyl groups is 1. The van der Waals surface area contributed by atoms with E-state index in [-0.39, 0.29) is 12.3 Å². The Bertz CT molecular complexity index is 412. The molecule has 3 fully saturated rings. The van der Waals surface area contributed by atoms with Crippen LogP contribution in [0.25, 0.3) is 0 Å². The molecule has 2 bridgehead atoms. The molecule has 0 heterocycles. The third kappa shape index (κ3) is 2.31. The minimum absolute atomic E-state index is 0.175. The molecule has 0 aromatic carbocycles. The molecule has 4 atom stereocenters. The molecule has 3 aliphatic carbocycles. The lowest BCUT2D eigenvalue weighted by Gasteiger charge is -2.58. The number of carbonyl (C=O) groups is 2. The standard InChI is InChI=1S/C14H23NO5/c1-3-6-20-11-8-13(12(18)19)4-5-14(11,10(17)7-13)15-9(2)16/h10-11,17H,3-8H2,1-2H3,(H,15,16)(H,18,19)/t10-,11+,13+,14-/m0/s1. The summed E-state index contributed by atoms with van der Waals surface area (Å²) in [5.41, 5.74) is -1.75. The van der Waals surface area contributed by atoms with Crippen LogP contribution in [0.15, 0.2) is 0 Å². The number of aliphatic hydroxyl groups excluding tert-OH is 1. The quantitative estimate of drug-likeness (QED) is 0.690. The maximum Gasteiger partial charge on any atom is 0.309 e. The molecule has 0 aliphatic heterocycles. The molecule has 3 rings (SSSR count). The zero-order valence-electron chi connectivity index (χ0n) is 12.0. The molecule has 0 radical (unpaired) electrons. The summed E-state index contributed by atoms with van der Waals surface area (Å²) in [4.78, 5) is 23.0. The van der Waals surface area contributed by atoms with Crippen LogP contribution < -0.4 is 5.32 Å². The molecule has 20 heavy (non-hydrogen) atoms. The molecular weight excluding hydrogens is 262 g/mol. The van der Waals surface area contributed by atoms with E-state index in [0.717, 1.165) is 6.42 Å². The first kappa shape index (κ1) is 15.3. The first-order valence-corrected chi connectivity index (χ1v) is 7.18. The van der Waals surface area contributed by atoms with Crippen molar-refractivity contribution in [1.29, 1.82) is 0 Å². The van der Waals surface area contributed by atoms with Gasteiger partial charge in [-0.2, -0.15) is 0 Å². The highest BCUT2D eigenvalue weighted by atomic mass is 16.5. The molecule has 3 saturated carbocycles. The van der Waals surface area contributed by atoms with Crippen LogP contribution in [0.1, 0.15) is 46.0 Å². The Morgan fingerprint density at radius 3 is 2.55 bits per heavy atom. The zero-order valence-corrected chi connectivity index (χ0v) is 12.0. The fourth-order valence-corrected chi connectivity index (χ4v) is 3.67. The average Bonchev–Trinajstić information content (AvgIpc) is 2.37. The zero-order chi connectivity index (χ0) is 15.0. The topological polar surface area (TPSA) is 95.9 Å². The number of hydrogen-bond acceptors (Lipinski definition) is 4. The van der Waals surface area contributed by atoms with Gasteiger partial charge in [0.2, 0.25) is 5.91 Å². The number of amides is 1. The number of ether oxygens (including phenoxy) is 1. The largest absolute Gasteiger partial charge is 0.481 e. The lowest BCUT2D eigenvalue weighted by Crippen LogP contribution is -2.73. The first-order valence-electron chi connectivity index (χ1n) is 7.18. The van der Waals surface area contributed by atoms with Crippen LogP contribution >= 0.6 is 0 Å². The molecule has 6 nitrogen and oxygen atoms in total. The van der Waals surface area contributed by atoms with Gasteiger partial charge in [0.15, 0.2) is 0 Å². The maximum absolute atomic E-state index is 11.6. The fourth-order valence-electron chi connectivity index (χ4n) is 3.67. The Labute approximate surface area is 118 Å². The summed E-state index contributed by atoms with van der Waals surface area (Å²) in [7, 11) is 0. The second-order valence-electron chi connectivity index (χ2n) is 6.09. The molecule has 6 heteroatoms. The van der Waals surface area contributed by atoms with Crippen LogP contribution in [0.4, 0.5) is 0 Å². The third-order valence-electron chi connectivity index (χ3n) is 4.73. The number of nitrogens with one attached hydrogen (secondary N) is 1. The van der Waals surface area contributed by atoms with Gasteiger partial charge >= 0.3 is 5.97 Å². The Morgan fingerprint density at radius 2 is 2.05 bits per heavy atom. The van der Waals surface area contributed by atoms with Crippen LogP contribution in [0.5, 0.6) is 0 Å². The van der Waals surface area contributed by atoms with Gasteiger partial charge in [-0.3, -0.25) is 9.59 Å². The summed E-state index contributed by atoms with van der Waals surface area (Å²) < 4.78 is 5.78. The number of aliphatic carboxylic acids is 1. The minimum Gasteiger partial charge on any atom is -0.481 e. The van der Waals surface area contributed by atoms with Crippen molar-refractivity contribution in [2.45, 2.75) is 63.7 Å². The number of fused-ring (bicyclic) bond motifs is 3. The lowest BCUT2D eigenvalue weighted by molar-refractivity contribution is -0.194. The van der Waals surface area contributed by atoms with Crippen molar-refractivity contribution < 1.29 is 24.5 Å². The monoisotopic (exact) mass is 285 g/mol. The fraction of sp³-hybridized carbons (Fsp3) is 0.857. The van der Waals surface area contributed by atoms with Crippen LogP contribution in [-0.4, -0.2) is 46.4 Å². The average molecular weight is 285 g/mol. The second kappa shape index (κ2) is 5.33. The summed E-state index contributed by atoms with van der Waals surface area (Å²) in [6, 6.07) is 0. The van der Waals surface area contributed by atoms with Gasteiger partial charge in [-0.1, -0.05) is 6.92 Å². The molecule has 0 saturated heterocycles. The first-order chi connectivity index (χ1) is 9.36. The number of carboxylic acids is 1. The van der Waals surface area contributed by atoms with Gasteiger partial charge in [-0.05, 0) is 32.1 Å². The van der Waals surface area contributed by atoms with E-state index in [2.05, 4.69) is 5.32 Å². The van der Waals surface area contributed by atoms with Crippen molar-refractivity contribution in [3.05, 3.63) is 0 Å². The summed E-state index contributed by atoms with van der Waals surface area (Å²) in [5, 5.41) is 22.8. The van der Waals surface area contributed by atoms with Crippen LogP contribution in [0.3, 0.4) is 0 Å². The number of rotatable bonds is 5. The summed E-state index contributed by atoms with van der Waals surface area (Å²) in [6.45, 7) is 3.87. The molecule has 1 amide bonds. The van der Waals surface area contributed by atoms with Gasteiger partial charge in [0.05, 0.1) is 23.2 Å². The molecule has 3 N–H and O–H groups in total. The van der Waals surface area contributed by atoms with Gasteiger partial charge < -0.3 is 20.3 Å². The molecule has 3 aliphatic rings. The van der Waals surface area contributed by atoms with Crippen molar-refractivity contribution >= 4 is 11.9 Å². The van der Waals surface area contributed by atoms with E-state index in [9.17, 15) is 19.8 Å². The minimum atomic E-state index is -0.919. The number of carboxylic acid groups (broad SMARTS) is 1. The molecule has 114 valence electrons. The van der Waals surface area contributed by atoms with E-state index in [1.807, 2.05) is 6.92 Å². The van der Waals surface area contributed by atoms with E-state index >= 15 is 0 Å². The highest BCUT2D eigenvalue weighted by Crippen LogP contribution is 2.53. The molecule has 0 unspecified atom stereocenters. The maximum atomic E-state index is 11.6. The smallest absolute Gasteiger partial charge is 0.309 e. The van der Waals surface area contributed by atoms with Gasteiger partial charge in [0.25, 0.3) is 0 Å². The molecular formula is C14H23NO5. The van der Waals surface area contributed by atoms with Crippen LogP contribution in [0.2, 0.25) is 0 Å². The van der Waals surface area contributed by atoms with E-state index in [1.165, 1.54) is 6.92 Å². The van der Waals surface area contributed by atoms with Gasteiger partial charge in [-0.25, -0.2) is 0 Å². The predicted octanol–water partition coefficient (Wildman–Crippen LogP) is 0.676. The Balaban J connectivity index is 2.30. The number of carbonyl (C=O) groups excluding carboxylic acids is 1.